The molecule has 1 N–H and O–H groups in total. The van der Waals surface area contributed by atoms with E-state index in [-0.39, 0.29) is 6.10 Å². The van der Waals surface area contributed by atoms with Crippen LogP contribution in [0.5, 0.6) is 5.88 Å². The van der Waals surface area contributed by atoms with Crippen molar-refractivity contribution in [2.45, 2.75) is 45.8 Å². The lowest BCUT2D eigenvalue weighted by Crippen LogP contribution is -2.18. The van der Waals surface area contributed by atoms with Crippen LogP contribution in [0.4, 0.5) is 5.95 Å². The van der Waals surface area contributed by atoms with Gasteiger partial charge in [-0.05, 0) is 33.6 Å². The van der Waals surface area contributed by atoms with Crippen LogP contribution in [0.25, 0.3) is 0 Å². The normalized spacial score (nSPS) is 15.5. The van der Waals surface area contributed by atoms with E-state index < -0.39 is 0 Å². The quantitative estimate of drug-likeness (QED) is 0.812. The van der Waals surface area contributed by atoms with Crippen LogP contribution >= 0.6 is 0 Å². The molecular formula is C13H19N3O. The van der Waals surface area contributed by atoms with Gasteiger partial charge >= 0.3 is 0 Å². The van der Waals surface area contributed by atoms with Crippen molar-refractivity contribution in [3.63, 3.8) is 0 Å². The van der Waals surface area contributed by atoms with E-state index >= 15 is 0 Å². The van der Waals surface area contributed by atoms with Gasteiger partial charge in [-0.3, -0.25) is 0 Å². The molecule has 0 unspecified atom stereocenters. The first-order chi connectivity index (χ1) is 8.13. The first kappa shape index (κ1) is 11.9. The number of ether oxygens (including phenoxy) is 1. The van der Waals surface area contributed by atoms with E-state index in [1.807, 2.05) is 26.8 Å². The highest BCUT2D eigenvalue weighted by atomic mass is 16.5. The molecule has 1 heterocycles. The van der Waals surface area contributed by atoms with Crippen LogP contribution in [0.3, 0.4) is 0 Å². The number of hydrogen-bond donors (Lipinski definition) is 1. The van der Waals surface area contributed by atoms with E-state index in [1.165, 1.54) is 0 Å². The largest absolute Gasteiger partial charge is 0.475 e. The lowest BCUT2D eigenvalue weighted by atomic mass is 10.2. The summed E-state index contributed by atoms with van der Waals surface area (Å²) in [5, 5.41) is 3.33. The van der Waals surface area contributed by atoms with Crippen molar-refractivity contribution in [1.82, 2.24) is 9.97 Å². The van der Waals surface area contributed by atoms with Crippen molar-refractivity contribution >= 4 is 5.95 Å². The molecule has 92 valence electrons. The van der Waals surface area contributed by atoms with Gasteiger partial charge in [-0.1, -0.05) is 12.2 Å². The second-order valence-corrected chi connectivity index (χ2v) is 4.62. The highest BCUT2D eigenvalue weighted by Crippen LogP contribution is 2.17. The van der Waals surface area contributed by atoms with Gasteiger partial charge in [-0.2, -0.15) is 4.98 Å². The smallest absolute Gasteiger partial charge is 0.226 e. The number of anilines is 1. The Morgan fingerprint density at radius 2 is 2.00 bits per heavy atom. The molecule has 0 radical (unpaired) electrons. The molecule has 4 heteroatoms. The molecule has 0 fully saturated rings. The van der Waals surface area contributed by atoms with Gasteiger partial charge < -0.3 is 10.1 Å². The molecule has 0 atom stereocenters. The molecule has 1 aromatic rings. The Kier molecular flexibility index (Phi) is 3.61. The molecule has 1 aliphatic rings. The average Bonchev–Trinajstić information content (AvgIpc) is 2.67. The molecule has 2 rings (SSSR count). The highest BCUT2D eigenvalue weighted by Gasteiger charge is 2.12. The zero-order chi connectivity index (χ0) is 12.3. The fourth-order valence-corrected chi connectivity index (χ4v) is 1.82. The summed E-state index contributed by atoms with van der Waals surface area (Å²) in [5.41, 5.74) is 0.920. The first-order valence-electron chi connectivity index (χ1n) is 6.07. The zero-order valence-corrected chi connectivity index (χ0v) is 10.6. The molecule has 0 bridgehead atoms. The Hall–Kier alpha value is -1.58. The summed E-state index contributed by atoms with van der Waals surface area (Å²) < 4.78 is 5.59. The standard InChI is InChI=1S/C13H19N3O/c1-9(2)17-12-8-10(3)14-13(16-12)15-11-6-4-5-7-11/h4-5,8-9,11H,6-7H2,1-3H3,(H,14,15,16). The van der Waals surface area contributed by atoms with E-state index in [0.29, 0.717) is 17.9 Å². The highest BCUT2D eigenvalue weighted by molar-refractivity contribution is 5.32. The van der Waals surface area contributed by atoms with Crippen molar-refractivity contribution in [3.05, 3.63) is 23.9 Å². The molecule has 4 nitrogen and oxygen atoms in total. The maximum Gasteiger partial charge on any atom is 0.226 e. The Bertz CT molecular complexity index is 407. The predicted molar refractivity (Wildman–Crippen MR) is 68.3 cm³/mol. The zero-order valence-electron chi connectivity index (χ0n) is 10.6. The van der Waals surface area contributed by atoms with Crippen LogP contribution in [-0.4, -0.2) is 22.1 Å². The van der Waals surface area contributed by atoms with Crippen LogP contribution in [0.1, 0.15) is 32.4 Å². The van der Waals surface area contributed by atoms with Gasteiger partial charge in [-0.15, -0.1) is 0 Å². The predicted octanol–water partition coefficient (Wildman–Crippen LogP) is 2.70. The molecule has 1 aliphatic carbocycles. The van der Waals surface area contributed by atoms with Gasteiger partial charge in [-0.25, -0.2) is 4.98 Å². The van der Waals surface area contributed by atoms with Gasteiger partial charge in [0, 0.05) is 17.8 Å². The molecular weight excluding hydrogens is 214 g/mol. The van der Waals surface area contributed by atoms with E-state index in [2.05, 4.69) is 27.4 Å². The molecule has 0 aromatic carbocycles. The third kappa shape index (κ3) is 3.44. The monoisotopic (exact) mass is 233 g/mol. The van der Waals surface area contributed by atoms with E-state index in [0.717, 1.165) is 18.5 Å². The topological polar surface area (TPSA) is 47.0 Å². The number of aromatic nitrogens is 2. The van der Waals surface area contributed by atoms with Crippen LogP contribution in [-0.2, 0) is 0 Å². The lowest BCUT2D eigenvalue weighted by molar-refractivity contribution is 0.232. The van der Waals surface area contributed by atoms with Crippen molar-refractivity contribution in [3.8, 4) is 5.88 Å². The second kappa shape index (κ2) is 5.17. The SMILES string of the molecule is Cc1cc(OC(C)C)nc(NC2CC=CC2)n1. The molecule has 0 saturated heterocycles. The van der Waals surface area contributed by atoms with Crippen LogP contribution in [0.2, 0.25) is 0 Å². The Morgan fingerprint density at radius 3 is 2.65 bits per heavy atom. The minimum atomic E-state index is 0.130. The van der Waals surface area contributed by atoms with Crippen molar-refractivity contribution in [2.24, 2.45) is 0 Å². The number of rotatable bonds is 4. The minimum absolute atomic E-state index is 0.130. The average molecular weight is 233 g/mol. The Morgan fingerprint density at radius 1 is 1.29 bits per heavy atom. The maximum atomic E-state index is 5.59. The number of nitrogens with zero attached hydrogens (tertiary/aromatic N) is 2. The van der Waals surface area contributed by atoms with Crippen LogP contribution in [0.15, 0.2) is 18.2 Å². The fraction of sp³-hybridized carbons (Fsp3) is 0.538. The number of nitrogens with one attached hydrogen (secondary N) is 1. The molecule has 0 aliphatic heterocycles. The van der Waals surface area contributed by atoms with E-state index in [4.69, 9.17) is 4.74 Å². The van der Waals surface area contributed by atoms with Gasteiger partial charge in [0.25, 0.3) is 0 Å². The summed E-state index contributed by atoms with van der Waals surface area (Å²) in [6.07, 6.45) is 6.57. The van der Waals surface area contributed by atoms with Gasteiger partial charge in [0.1, 0.15) is 0 Å². The minimum Gasteiger partial charge on any atom is -0.475 e. The summed E-state index contributed by atoms with van der Waals surface area (Å²) in [5.74, 6) is 1.30. The van der Waals surface area contributed by atoms with Gasteiger partial charge in [0.2, 0.25) is 11.8 Å². The first-order valence-corrected chi connectivity index (χ1v) is 6.07. The maximum absolute atomic E-state index is 5.59. The molecule has 1 aromatic heterocycles. The molecule has 0 amide bonds. The summed E-state index contributed by atoms with van der Waals surface area (Å²) in [6.45, 7) is 5.93. The Balaban J connectivity index is 2.07. The molecule has 17 heavy (non-hydrogen) atoms. The summed E-state index contributed by atoms with van der Waals surface area (Å²) in [4.78, 5) is 8.74. The molecule has 0 saturated carbocycles. The lowest BCUT2D eigenvalue weighted by Gasteiger charge is -2.14. The van der Waals surface area contributed by atoms with Crippen LogP contribution in [0, 0.1) is 6.92 Å². The van der Waals surface area contributed by atoms with Crippen molar-refractivity contribution in [1.29, 1.82) is 0 Å². The summed E-state index contributed by atoms with van der Waals surface area (Å²) in [7, 11) is 0. The second-order valence-electron chi connectivity index (χ2n) is 4.62. The molecule has 0 spiro atoms. The van der Waals surface area contributed by atoms with Crippen molar-refractivity contribution < 1.29 is 4.74 Å². The third-order valence-electron chi connectivity index (χ3n) is 2.53. The number of aryl methyl sites for hydroxylation is 1. The third-order valence-corrected chi connectivity index (χ3v) is 2.53. The fourth-order valence-electron chi connectivity index (χ4n) is 1.82. The van der Waals surface area contributed by atoms with Crippen molar-refractivity contribution in [2.75, 3.05) is 5.32 Å². The van der Waals surface area contributed by atoms with E-state index in [1.54, 1.807) is 0 Å². The number of hydrogen-bond acceptors (Lipinski definition) is 4. The Labute approximate surface area is 102 Å². The van der Waals surface area contributed by atoms with Gasteiger partial charge in [0.05, 0.1) is 6.10 Å². The van der Waals surface area contributed by atoms with E-state index in [9.17, 15) is 0 Å². The summed E-state index contributed by atoms with van der Waals surface area (Å²) >= 11 is 0. The summed E-state index contributed by atoms with van der Waals surface area (Å²) in [6, 6.07) is 2.28. The van der Waals surface area contributed by atoms with Gasteiger partial charge in [0.15, 0.2) is 0 Å². The van der Waals surface area contributed by atoms with Crippen LogP contribution < -0.4 is 10.1 Å².